The molecule has 1 amide bonds. The Bertz CT molecular complexity index is 502. The van der Waals surface area contributed by atoms with Crippen molar-refractivity contribution in [3.63, 3.8) is 0 Å². The highest BCUT2D eigenvalue weighted by Gasteiger charge is 2.37. The van der Waals surface area contributed by atoms with Crippen LogP contribution in [0, 0.1) is 0 Å². The van der Waals surface area contributed by atoms with Crippen molar-refractivity contribution >= 4 is 5.91 Å². The number of hydrogen-bond acceptors (Lipinski definition) is 2. The van der Waals surface area contributed by atoms with Gasteiger partial charge in [0.15, 0.2) is 0 Å². The number of nitrogens with zero attached hydrogens (tertiary/aromatic N) is 1. The van der Waals surface area contributed by atoms with Crippen LogP contribution in [0.1, 0.15) is 49.7 Å². The molecule has 114 valence electrons. The van der Waals surface area contributed by atoms with Gasteiger partial charge < -0.3 is 10.6 Å². The first-order valence-corrected chi connectivity index (χ1v) is 8.29. The van der Waals surface area contributed by atoms with E-state index in [1.54, 1.807) is 0 Å². The number of aryl methyl sites for hydroxylation is 1. The Kier molecular flexibility index (Phi) is 4.29. The highest BCUT2D eigenvalue weighted by Crippen LogP contribution is 2.35. The van der Waals surface area contributed by atoms with Gasteiger partial charge in [-0.3, -0.25) is 4.79 Å². The summed E-state index contributed by atoms with van der Waals surface area (Å²) in [5.41, 5.74) is 8.83. The predicted molar refractivity (Wildman–Crippen MR) is 85.1 cm³/mol. The standard InChI is InChI=1S/C18H26N2O/c19-18(9-10-18)14-16-6-4-5-15(13-16)7-8-17(21)20-11-2-1-3-12-20/h4-6,13H,1-3,7-12,14,19H2. The molecule has 1 aromatic rings. The third kappa shape index (κ3) is 4.07. The molecule has 0 spiro atoms. The fourth-order valence-corrected chi connectivity index (χ4v) is 3.19. The fraction of sp³-hybridized carbons (Fsp3) is 0.611. The zero-order valence-electron chi connectivity index (χ0n) is 12.8. The molecular weight excluding hydrogens is 260 g/mol. The lowest BCUT2D eigenvalue weighted by atomic mass is 10.0. The lowest BCUT2D eigenvalue weighted by Gasteiger charge is -2.26. The van der Waals surface area contributed by atoms with E-state index in [2.05, 4.69) is 24.3 Å². The van der Waals surface area contributed by atoms with E-state index in [4.69, 9.17) is 5.73 Å². The molecule has 1 aromatic carbocycles. The number of likely N-dealkylation sites (tertiary alicyclic amines) is 1. The van der Waals surface area contributed by atoms with Crippen molar-refractivity contribution in [2.24, 2.45) is 5.73 Å². The van der Waals surface area contributed by atoms with Crippen molar-refractivity contribution in [1.82, 2.24) is 4.90 Å². The summed E-state index contributed by atoms with van der Waals surface area (Å²) >= 11 is 0. The van der Waals surface area contributed by atoms with Crippen LogP contribution in [-0.4, -0.2) is 29.4 Å². The van der Waals surface area contributed by atoms with Crippen LogP contribution >= 0.6 is 0 Å². The Balaban J connectivity index is 1.52. The number of amides is 1. The van der Waals surface area contributed by atoms with Crippen molar-refractivity contribution in [2.75, 3.05) is 13.1 Å². The smallest absolute Gasteiger partial charge is 0.222 e. The van der Waals surface area contributed by atoms with Gasteiger partial charge in [0.05, 0.1) is 0 Å². The number of nitrogens with two attached hydrogens (primary N) is 1. The van der Waals surface area contributed by atoms with Gasteiger partial charge in [0.1, 0.15) is 0 Å². The molecule has 0 radical (unpaired) electrons. The Hall–Kier alpha value is -1.35. The third-order valence-corrected chi connectivity index (χ3v) is 4.78. The average molecular weight is 286 g/mol. The Morgan fingerprint density at radius 2 is 1.86 bits per heavy atom. The van der Waals surface area contributed by atoms with Crippen molar-refractivity contribution in [3.05, 3.63) is 35.4 Å². The van der Waals surface area contributed by atoms with Gasteiger partial charge in [0, 0.05) is 25.0 Å². The van der Waals surface area contributed by atoms with Gasteiger partial charge in [-0.25, -0.2) is 0 Å². The summed E-state index contributed by atoms with van der Waals surface area (Å²) in [6, 6.07) is 8.62. The number of carbonyl (C=O) groups excluding carboxylic acids is 1. The zero-order chi connectivity index (χ0) is 14.7. The van der Waals surface area contributed by atoms with Gasteiger partial charge in [-0.1, -0.05) is 24.3 Å². The highest BCUT2D eigenvalue weighted by molar-refractivity contribution is 5.76. The monoisotopic (exact) mass is 286 g/mol. The molecule has 3 nitrogen and oxygen atoms in total. The van der Waals surface area contributed by atoms with E-state index in [0.717, 1.165) is 38.8 Å². The van der Waals surface area contributed by atoms with Crippen LogP contribution in [0.25, 0.3) is 0 Å². The second-order valence-corrected chi connectivity index (χ2v) is 6.80. The number of benzene rings is 1. The quantitative estimate of drug-likeness (QED) is 0.904. The number of rotatable bonds is 5. The molecule has 1 aliphatic carbocycles. The second kappa shape index (κ2) is 6.18. The van der Waals surface area contributed by atoms with Crippen LogP contribution < -0.4 is 5.73 Å². The van der Waals surface area contributed by atoms with Gasteiger partial charge in [0.25, 0.3) is 0 Å². The van der Waals surface area contributed by atoms with Crippen molar-refractivity contribution in [2.45, 2.75) is 56.9 Å². The summed E-state index contributed by atoms with van der Waals surface area (Å²) < 4.78 is 0. The van der Waals surface area contributed by atoms with Gasteiger partial charge in [-0.2, -0.15) is 0 Å². The maximum atomic E-state index is 12.2. The summed E-state index contributed by atoms with van der Waals surface area (Å²) in [5, 5.41) is 0. The zero-order valence-corrected chi connectivity index (χ0v) is 12.8. The topological polar surface area (TPSA) is 46.3 Å². The molecule has 2 aliphatic rings. The molecule has 0 atom stereocenters. The highest BCUT2D eigenvalue weighted by atomic mass is 16.2. The summed E-state index contributed by atoms with van der Waals surface area (Å²) in [6.07, 6.45) is 8.35. The molecular formula is C18H26N2O. The molecule has 2 fully saturated rings. The van der Waals surface area contributed by atoms with Gasteiger partial charge in [0.2, 0.25) is 5.91 Å². The Morgan fingerprint density at radius 1 is 1.14 bits per heavy atom. The van der Waals surface area contributed by atoms with E-state index < -0.39 is 0 Å². The molecule has 1 aliphatic heterocycles. The second-order valence-electron chi connectivity index (χ2n) is 6.80. The normalized spacial score (nSPS) is 20.3. The van der Waals surface area contributed by atoms with Crippen LogP contribution in [0.5, 0.6) is 0 Å². The molecule has 1 saturated heterocycles. The van der Waals surface area contributed by atoms with E-state index >= 15 is 0 Å². The summed E-state index contributed by atoms with van der Waals surface area (Å²) in [6.45, 7) is 1.91. The van der Waals surface area contributed by atoms with Crippen molar-refractivity contribution in [3.8, 4) is 0 Å². The van der Waals surface area contributed by atoms with Crippen LogP contribution in [0.15, 0.2) is 24.3 Å². The predicted octanol–water partition coefficient (Wildman–Crippen LogP) is 2.67. The maximum Gasteiger partial charge on any atom is 0.222 e. The van der Waals surface area contributed by atoms with E-state index in [9.17, 15) is 4.79 Å². The van der Waals surface area contributed by atoms with Crippen molar-refractivity contribution < 1.29 is 4.79 Å². The van der Waals surface area contributed by atoms with Crippen LogP contribution in [0.4, 0.5) is 0 Å². The van der Waals surface area contributed by atoms with Crippen molar-refractivity contribution in [1.29, 1.82) is 0 Å². The van der Waals surface area contributed by atoms with E-state index in [-0.39, 0.29) is 5.54 Å². The Labute approximate surface area is 127 Å². The lowest BCUT2D eigenvalue weighted by molar-refractivity contribution is -0.132. The first-order chi connectivity index (χ1) is 10.1. The molecule has 0 bridgehead atoms. The molecule has 0 unspecified atom stereocenters. The SMILES string of the molecule is NC1(Cc2cccc(CCC(=O)N3CCCCC3)c2)CC1. The first-order valence-electron chi connectivity index (χ1n) is 8.29. The fourth-order valence-electron chi connectivity index (χ4n) is 3.19. The van der Waals surface area contributed by atoms with Gasteiger partial charge in [-0.05, 0) is 56.1 Å². The number of piperidine rings is 1. The minimum Gasteiger partial charge on any atom is -0.343 e. The molecule has 1 heterocycles. The minimum atomic E-state index is 0.0578. The summed E-state index contributed by atoms with van der Waals surface area (Å²) in [7, 11) is 0. The number of hydrogen-bond donors (Lipinski definition) is 1. The minimum absolute atomic E-state index is 0.0578. The Morgan fingerprint density at radius 3 is 2.57 bits per heavy atom. The molecule has 1 saturated carbocycles. The van der Waals surface area contributed by atoms with Crippen LogP contribution in [-0.2, 0) is 17.6 Å². The van der Waals surface area contributed by atoms with Gasteiger partial charge in [-0.15, -0.1) is 0 Å². The lowest BCUT2D eigenvalue weighted by Crippen LogP contribution is -2.35. The van der Waals surface area contributed by atoms with Gasteiger partial charge >= 0.3 is 0 Å². The van der Waals surface area contributed by atoms with Crippen LogP contribution in [0.3, 0.4) is 0 Å². The molecule has 21 heavy (non-hydrogen) atoms. The third-order valence-electron chi connectivity index (χ3n) is 4.78. The number of carbonyl (C=O) groups is 1. The van der Waals surface area contributed by atoms with E-state index in [0.29, 0.717) is 12.3 Å². The van der Waals surface area contributed by atoms with E-state index in [1.165, 1.54) is 30.4 Å². The summed E-state index contributed by atoms with van der Waals surface area (Å²) in [5.74, 6) is 0.317. The largest absolute Gasteiger partial charge is 0.343 e. The molecule has 2 N–H and O–H groups in total. The molecule has 0 aromatic heterocycles. The summed E-state index contributed by atoms with van der Waals surface area (Å²) in [4.78, 5) is 14.2. The average Bonchev–Trinajstić information content (AvgIpc) is 3.23. The molecule has 3 rings (SSSR count). The molecule has 3 heteroatoms. The maximum absolute atomic E-state index is 12.2. The first kappa shape index (κ1) is 14.6. The van der Waals surface area contributed by atoms with Crippen LogP contribution in [0.2, 0.25) is 0 Å². The van der Waals surface area contributed by atoms with E-state index in [1.807, 2.05) is 4.90 Å².